The lowest BCUT2D eigenvalue weighted by molar-refractivity contribution is -0.224. The zero-order chi connectivity index (χ0) is 22.3. The Hall–Kier alpha value is -0.770. The lowest BCUT2D eigenvalue weighted by Gasteiger charge is -2.41. The van der Waals surface area contributed by atoms with Crippen LogP contribution < -0.4 is 5.73 Å². The molecule has 2 fully saturated rings. The first-order valence-electron chi connectivity index (χ1n) is 12.1. The van der Waals surface area contributed by atoms with Gasteiger partial charge in [-0.3, -0.25) is 9.69 Å². The number of esters is 1. The molecular weight excluding hydrogens is 400 g/mol. The van der Waals surface area contributed by atoms with E-state index >= 15 is 0 Å². The summed E-state index contributed by atoms with van der Waals surface area (Å²) in [6, 6.07) is 0. The van der Waals surface area contributed by atoms with Gasteiger partial charge in [0, 0.05) is 26.7 Å². The molecule has 0 unspecified atom stereocenters. The van der Waals surface area contributed by atoms with Crippen molar-refractivity contribution >= 4 is 5.97 Å². The molecule has 2 aliphatic heterocycles. The van der Waals surface area contributed by atoms with Gasteiger partial charge < -0.3 is 29.4 Å². The van der Waals surface area contributed by atoms with Gasteiger partial charge in [0.15, 0.2) is 6.10 Å². The predicted octanol–water partition coefficient (Wildman–Crippen LogP) is 2.13. The minimum atomic E-state index is -0.497. The fraction of sp³-hybridized carbons (Fsp3) is 0.957. The van der Waals surface area contributed by atoms with Crippen LogP contribution >= 0.6 is 0 Å². The molecule has 0 spiro atoms. The lowest BCUT2D eigenvalue weighted by Crippen LogP contribution is -2.57. The van der Waals surface area contributed by atoms with Gasteiger partial charge in [-0.2, -0.15) is 0 Å². The summed E-state index contributed by atoms with van der Waals surface area (Å²) in [7, 11) is 1.64. The van der Waals surface area contributed by atoms with Crippen molar-refractivity contribution in [3.8, 4) is 0 Å². The summed E-state index contributed by atoms with van der Waals surface area (Å²) in [4.78, 5) is 14.3. The molecule has 0 aromatic carbocycles. The Kier molecular flexibility index (Phi) is 13.6. The van der Waals surface area contributed by atoms with E-state index in [4.69, 9.17) is 29.4 Å². The largest absolute Gasteiger partial charge is 0.456 e. The summed E-state index contributed by atoms with van der Waals surface area (Å²) < 4.78 is 29.0. The van der Waals surface area contributed by atoms with Gasteiger partial charge in [0.25, 0.3) is 0 Å². The summed E-state index contributed by atoms with van der Waals surface area (Å²) >= 11 is 0. The van der Waals surface area contributed by atoms with Gasteiger partial charge in [0.05, 0.1) is 39.1 Å². The van der Waals surface area contributed by atoms with Crippen molar-refractivity contribution in [3.63, 3.8) is 0 Å². The number of carbonyl (C=O) groups is 1. The third-order valence-electron chi connectivity index (χ3n) is 6.17. The topological polar surface area (TPSA) is 92.5 Å². The standard InChI is InChI=1S/C23H44N2O6/c1-3-4-5-6-7-8-9-10-19-23(31-21(26)17-24)22(27-2)20(18-30-19)29-16-13-25-11-14-28-15-12-25/h19-20,22-23H,3-18,24H2,1-2H3/t19-,20+,22-,23+/m0/s1. The van der Waals surface area contributed by atoms with Crippen LogP contribution in [0.5, 0.6) is 0 Å². The van der Waals surface area contributed by atoms with Gasteiger partial charge in [0.2, 0.25) is 0 Å². The molecular formula is C23H44N2O6. The Morgan fingerprint density at radius 2 is 1.77 bits per heavy atom. The minimum absolute atomic E-state index is 0.153. The van der Waals surface area contributed by atoms with E-state index in [2.05, 4.69) is 11.8 Å². The molecule has 0 bridgehead atoms. The van der Waals surface area contributed by atoms with E-state index in [0.29, 0.717) is 13.2 Å². The fourth-order valence-corrected chi connectivity index (χ4v) is 4.31. The molecule has 0 aromatic heterocycles. The highest BCUT2D eigenvalue weighted by molar-refractivity contribution is 5.71. The highest BCUT2D eigenvalue weighted by atomic mass is 16.6. The number of rotatable bonds is 15. The zero-order valence-corrected chi connectivity index (χ0v) is 19.6. The summed E-state index contributed by atoms with van der Waals surface area (Å²) in [6.45, 7) is 7.33. The fourth-order valence-electron chi connectivity index (χ4n) is 4.31. The minimum Gasteiger partial charge on any atom is -0.456 e. The lowest BCUT2D eigenvalue weighted by atomic mass is 9.95. The molecule has 0 aromatic rings. The number of methoxy groups -OCH3 is 1. The predicted molar refractivity (Wildman–Crippen MR) is 119 cm³/mol. The average molecular weight is 445 g/mol. The van der Waals surface area contributed by atoms with Crippen molar-refractivity contribution in [1.82, 2.24) is 4.90 Å². The third-order valence-corrected chi connectivity index (χ3v) is 6.17. The molecule has 2 saturated heterocycles. The van der Waals surface area contributed by atoms with E-state index < -0.39 is 12.1 Å². The number of carbonyl (C=O) groups excluding carboxylic acids is 1. The molecule has 31 heavy (non-hydrogen) atoms. The first-order chi connectivity index (χ1) is 15.2. The molecule has 2 rings (SSSR count). The van der Waals surface area contributed by atoms with E-state index in [-0.39, 0.29) is 24.9 Å². The zero-order valence-electron chi connectivity index (χ0n) is 19.6. The molecule has 8 heteroatoms. The van der Waals surface area contributed by atoms with Crippen molar-refractivity contribution in [2.75, 3.05) is 59.7 Å². The monoisotopic (exact) mass is 444 g/mol. The first-order valence-corrected chi connectivity index (χ1v) is 12.1. The van der Waals surface area contributed by atoms with E-state index in [1.54, 1.807) is 7.11 Å². The van der Waals surface area contributed by atoms with Crippen molar-refractivity contribution in [2.45, 2.75) is 82.7 Å². The molecule has 2 heterocycles. The van der Waals surface area contributed by atoms with Crippen LogP contribution in [-0.4, -0.2) is 95.0 Å². The van der Waals surface area contributed by atoms with Crippen LogP contribution in [-0.2, 0) is 28.5 Å². The van der Waals surface area contributed by atoms with Gasteiger partial charge in [-0.25, -0.2) is 0 Å². The number of unbranched alkanes of at least 4 members (excludes halogenated alkanes) is 6. The maximum Gasteiger partial charge on any atom is 0.320 e. The summed E-state index contributed by atoms with van der Waals surface area (Å²) in [6.07, 6.45) is 8.15. The average Bonchev–Trinajstić information content (AvgIpc) is 2.80. The molecule has 0 saturated carbocycles. The Labute approximate surface area is 188 Å². The molecule has 8 nitrogen and oxygen atoms in total. The second-order valence-corrected chi connectivity index (χ2v) is 8.50. The summed E-state index contributed by atoms with van der Waals surface area (Å²) in [5.41, 5.74) is 5.50. The highest BCUT2D eigenvalue weighted by Crippen LogP contribution is 2.27. The van der Waals surface area contributed by atoms with Crippen molar-refractivity contribution in [2.24, 2.45) is 5.73 Å². The first kappa shape index (κ1) is 26.5. The number of ether oxygens (including phenoxy) is 5. The van der Waals surface area contributed by atoms with Crippen LogP contribution in [0.2, 0.25) is 0 Å². The number of morpholine rings is 1. The van der Waals surface area contributed by atoms with Crippen LogP contribution in [0.1, 0.15) is 58.3 Å². The number of hydrogen-bond acceptors (Lipinski definition) is 8. The van der Waals surface area contributed by atoms with E-state index in [1.807, 2.05) is 0 Å². The van der Waals surface area contributed by atoms with Gasteiger partial charge in [-0.1, -0.05) is 51.9 Å². The molecule has 2 N–H and O–H groups in total. The number of hydrogen-bond donors (Lipinski definition) is 1. The summed E-state index contributed by atoms with van der Waals surface area (Å²) in [5.74, 6) is -0.436. The van der Waals surface area contributed by atoms with Gasteiger partial charge >= 0.3 is 5.97 Å². The second-order valence-electron chi connectivity index (χ2n) is 8.50. The second kappa shape index (κ2) is 15.9. The highest BCUT2D eigenvalue weighted by Gasteiger charge is 2.43. The maximum absolute atomic E-state index is 12.0. The maximum atomic E-state index is 12.0. The number of nitrogens with two attached hydrogens (primary N) is 1. The molecule has 0 aliphatic carbocycles. The molecule has 0 amide bonds. The summed E-state index contributed by atoms with van der Waals surface area (Å²) in [5, 5.41) is 0. The smallest absolute Gasteiger partial charge is 0.320 e. The molecule has 0 radical (unpaired) electrons. The molecule has 2 aliphatic rings. The Morgan fingerprint density at radius 1 is 1.06 bits per heavy atom. The van der Waals surface area contributed by atoms with Crippen LogP contribution in [0.15, 0.2) is 0 Å². The van der Waals surface area contributed by atoms with Crippen LogP contribution in [0, 0.1) is 0 Å². The Balaban J connectivity index is 1.82. The quantitative estimate of drug-likeness (QED) is 0.303. The Morgan fingerprint density at radius 3 is 2.45 bits per heavy atom. The van der Waals surface area contributed by atoms with Gasteiger partial charge in [0.1, 0.15) is 12.2 Å². The van der Waals surface area contributed by atoms with Crippen molar-refractivity contribution < 1.29 is 28.5 Å². The molecule has 4 atom stereocenters. The normalized spacial score (nSPS) is 27.3. The van der Waals surface area contributed by atoms with Gasteiger partial charge in [-0.05, 0) is 6.42 Å². The Bertz CT molecular complexity index is 475. The van der Waals surface area contributed by atoms with E-state index in [9.17, 15) is 4.79 Å². The van der Waals surface area contributed by atoms with Crippen LogP contribution in [0.25, 0.3) is 0 Å². The van der Waals surface area contributed by atoms with E-state index in [0.717, 1.165) is 52.1 Å². The van der Waals surface area contributed by atoms with Crippen LogP contribution in [0.3, 0.4) is 0 Å². The SMILES string of the molecule is CCCCCCCCC[C@@H]1OC[C@@H](OCCN2CCOCC2)[C@H](OC)[C@@H]1OC(=O)CN. The van der Waals surface area contributed by atoms with Crippen molar-refractivity contribution in [3.05, 3.63) is 0 Å². The third kappa shape index (κ3) is 9.72. The van der Waals surface area contributed by atoms with Crippen molar-refractivity contribution in [1.29, 1.82) is 0 Å². The van der Waals surface area contributed by atoms with Crippen LogP contribution in [0.4, 0.5) is 0 Å². The number of nitrogens with zero attached hydrogens (tertiary/aromatic N) is 1. The van der Waals surface area contributed by atoms with Gasteiger partial charge in [-0.15, -0.1) is 0 Å². The van der Waals surface area contributed by atoms with E-state index in [1.165, 1.54) is 32.1 Å². The molecule has 182 valence electrons.